The fourth-order valence-corrected chi connectivity index (χ4v) is 2.54. The third-order valence-electron chi connectivity index (χ3n) is 3.83. The molecular formula is C24H39FN2. The molecule has 2 nitrogen and oxygen atoms in total. The van der Waals surface area contributed by atoms with Gasteiger partial charge in [0.05, 0.1) is 0 Å². The first kappa shape index (κ1) is 25.3. The van der Waals surface area contributed by atoms with E-state index < -0.39 is 0 Å². The second-order valence-electron chi connectivity index (χ2n) is 7.47. The van der Waals surface area contributed by atoms with Gasteiger partial charge in [-0.15, -0.1) is 0 Å². The van der Waals surface area contributed by atoms with Gasteiger partial charge in [0, 0.05) is 18.7 Å². The van der Waals surface area contributed by atoms with Crippen LogP contribution in [-0.2, 0) is 13.1 Å². The van der Waals surface area contributed by atoms with Gasteiger partial charge in [0.25, 0.3) is 0 Å². The van der Waals surface area contributed by atoms with E-state index >= 15 is 0 Å². The van der Waals surface area contributed by atoms with Crippen molar-refractivity contribution >= 4 is 0 Å². The molecule has 2 rings (SSSR count). The monoisotopic (exact) mass is 374 g/mol. The van der Waals surface area contributed by atoms with E-state index in [1.54, 1.807) is 6.07 Å². The summed E-state index contributed by atoms with van der Waals surface area (Å²) in [5.41, 5.74) is 4.67. The zero-order chi connectivity index (χ0) is 21.0. The second kappa shape index (κ2) is 13.5. The molecule has 0 aliphatic heterocycles. The van der Waals surface area contributed by atoms with E-state index in [1.807, 2.05) is 45.8 Å². The Labute approximate surface area is 167 Å². The summed E-state index contributed by atoms with van der Waals surface area (Å²) in [7, 11) is 8.05. The first-order chi connectivity index (χ1) is 12.7. The van der Waals surface area contributed by atoms with Crippen LogP contribution < -0.4 is 0 Å². The predicted molar refractivity (Wildman–Crippen MR) is 118 cm³/mol. The zero-order valence-corrected chi connectivity index (χ0v) is 18.8. The van der Waals surface area contributed by atoms with Crippen molar-refractivity contribution < 1.29 is 4.39 Å². The van der Waals surface area contributed by atoms with Crippen LogP contribution in [0.2, 0.25) is 0 Å². The Bertz CT molecular complexity index is 631. The van der Waals surface area contributed by atoms with Crippen molar-refractivity contribution in [3.63, 3.8) is 0 Å². The van der Waals surface area contributed by atoms with E-state index in [2.05, 4.69) is 57.1 Å². The highest BCUT2D eigenvalue weighted by Gasteiger charge is 2.02. The Morgan fingerprint density at radius 1 is 0.815 bits per heavy atom. The highest BCUT2D eigenvalue weighted by atomic mass is 19.1. The van der Waals surface area contributed by atoms with Gasteiger partial charge in [-0.25, -0.2) is 4.39 Å². The maximum atomic E-state index is 13.1. The number of hydrogen-bond acceptors (Lipinski definition) is 2. The van der Waals surface area contributed by atoms with E-state index in [-0.39, 0.29) is 5.82 Å². The minimum atomic E-state index is -0.116. The van der Waals surface area contributed by atoms with E-state index in [0.717, 1.165) is 17.7 Å². The molecule has 0 aliphatic rings. The molecule has 0 fully saturated rings. The molecule has 0 aromatic heterocycles. The maximum absolute atomic E-state index is 13.1. The molecule has 0 atom stereocenters. The molecule has 0 bridgehead atoms. The van der Waals surface area contributed by atoms with Crippen LogP contribution >= 0.6 is 0 Å². The third-order valence-corrected chi connectivity index (χ3v) is 3.83. The lowest BCUT2D eigenvalue weighted by Gasteiger charge is -2.11. The quantitative estimate of drug-likeness (QED) is 0.624. The van der Waals surface area contributed by atoms with Crippen LogP contribution in [-0.4, -0.2) is 38.0 Å². The lowest BCUT2D eigenvalue weighted by atomic mass is 10.0. The first-order valence-electron chi connectivity index (χ1n) is 9.82. The minimum Gasteiger partial charge on any atom is -0.305 e. The SMILES string of the molecule is CC.CC(C)c1ccc(CN(C)C)cc1.Cc1ccc(F)c(CN(C)C)c1. The van der Waals surface area contributed by atoms with Crippen LogP contribution in [0, 0.1) is 12.7 Å². The molecule has 0 saturated heterocycles. The van der Waals surface area contributed by atoms with Gasteiger partial charge in [-0.2, -0.15) is 0 Å². The fraction of sp³-hybridized carbons (Fsp3) is 0.500. The summed E-state index contributed by atoms with van der Waals surface area (Å²) in [6.45, 7) is 12.1. The standard InChI is InChI=1S/C12H19N.C10H14FN.C2H6/c1-10(2)12-7-5-11(6-8-12)9-13(3)4;1-8-4-5-10(11)9(6-8)7-12(2)3;1-2/h5-8,10H,9H2,1-4H3;4-6H,7H2,1-3H3;1-2H3. The van der Waals surface area contributed by atoms with Gasteiger partial charge in [0.15, 0.2) is 0 Å². The highest BCUT2D eigenvalue weighted by Crippen LogP contribution is 2.15. The maximum Gasteiger partial charge on any atom is 0.127 e. The van der Waals surface area contributed by atoms with Gasteiger partial charge in [0.2, 0.25) is 0 Å². The van der Waals surface area contributed by atoms with Crippen LogP contribution in [0.1, 0.15) is 55.9 Å². The van der Waals surface area contributed by atoms with Crippen LogP contribution in [0.3, 0.4) is 0 Å². The zero-order valence-electron chi connectivity index (χ0n) is 18.8. The third kappa shape index (κ3) is 10.9. The normalized spacial score (nSPS) is 10.4. The molecule has 27 heavy (non-hydrogen) atoms. The van der Waals surface area contributed by atoms with Crippen LogP contribution in [0.5, 0.6) is 0 Å². The first-order valence-corrected chi connectivity index (χ1v) is 9.82. The molecule has 0 aliphatic carbocycles. The lowest BCUT2D eigenvalue weighted by molar-refractivity contribution is 0.392. The average molecular weight is 375 g/mol. The summed E-state index contributed by atoms with van der Waals surface area (Å²) < 4.78 is 13.1. The smallest absolute Gasteiger partial charge is 0.127 e. The van der Waals surface area contributed by atoms with Crippen LogP contribution in [0.15, 0.2) is 42.5 Å². The minimum absolute atomic E-state index is 0.116. The number of benzene rings is 2. The number of aryl methyl sites for hydroxylation is 1. The Morgan fingerprint density at radius 2 is 1.33 bits per heavy atom. The van der Waals surface area contributed by atoms with Crippen molar-refractivity contribution in [2.75, 3.05) is 28.2 Å². The molecule has 0 unspecified atom stereocenters. The average Bonchev–Trinajstić information content (AvgIpc) is 2.60. The molecule has 0 amide bonds. The Kier molecular flexibility index (Phi) is 12.6. The highest BCUT2D eigenvalue weighted by molar-refractivity contribution is 5.25. The predicted octanol–water partition coefficient (Wildman–Crippen LogP) is 6.09. The van der Waals surface area contributed by atoms with E-state index in [1.165, 1.54) is 17.2 Å². The Morgan fingerprint density at radius 3 is 1.78 bits per heavy atom. The summed E-state index contributed by atoms with van der Waals surface area (Å²) in [5.74, 6) is 0.516. The molecular weight excluding hydrogens is 335 g/mol. The molecule has 0 spiro atoms. The van der Waals surface area contributed by atoms with Gasteiger partial charge in [-0.3, -0.25) is 0 Å². The molecule has 0 radical (unpaired) electrons. The van der Waals surface area contributed by atoms with Crippen LogP contribution in [0.25, 0.3) is 0 Å². The summed E-state index contributed by atoms with van der Waals surface area (Å²) >= 11 is 0. The molecule has 2 aromatic rings. The number of rotatable bonds is 5. The summed E-state index contributed by atoms with van der Waals surface area (Å²) in [6.07, 6.45) is 0. The van der Waals surface area contributed by atoms with Gasteiger partial charge in [0.1, 0.15) is 5.82 Å². The van der Waals surface area contributed by atoms with Crippen molar-refractivity contribution in [3.05, 3.63) is 70.5 Å². The van der Waals surface area contributed by atoms with E-state index in [0.29, 0.717) is 12.5 Å². The summed E-state index contributed by atoms with van der Waals surface area (Å²) in [6, 6.07) is 14.1. The molecule has 0 heterocycles. The molecule has 0 saturated carbocycles. The van der Waals surface area contributed by atoms with Gasteiger partial charge < -0.3 is 9.80 Å². The Balaban J connectivity index is 0.000000460. The topological polar surface area (TPSA) is 6.48 Å². The molecule has 2 aromatic carbocycles. The van der Waals surface area contributed by atoms with Gasteiger partial charge in [-0.1, -0.05) is 69.7 Å². The number of halogens is 1. The number of nitrogens with zero attached hydrogens (tertiary/aromatic N) is 2. The van der Waals surface area contributed by atoms with Gasteiger partial charge >= 0.3 is 0 Å². The van der Waals surface area contributed by atoms with E-state index in [9.17, 15) is 4.39 Å². The van der Waals surface area contributed by atoms with Crippen molar-refractivity contribution in [2.45, 2.75) is 53.6 Å². The summed E-state index contributed by atoms with van der Waals surface area (Å²) in [5, 5.41) is 0. The van der Waals surface area contributed by atoms with Gasteiger partial charge in [-0.05, 0) is 58.2 Å². The lowest BCUT2D eigenvalue weighted by Crippen LogP contribution is -2.11. The molecule has 152 valence electrons. The fourth-order valence-electron chi connectivity index (χ4n) is 2.54. The largest absolute Gasteiger partial charge is 0.305 e. The van der Waals surface area contributed by atoms with Crippen molar-refractivity contribution in [3.8, 4) is 0 Å². The summed E-state index contributed by atoms with van der Waals surface area (Å²) in [4.78, 5) is 4.14. The van der Waals surface area contributed by atoms with E-state index in [4.69, 9.17) is 0 Å². The molecule has 0 N–H and O–H groups in total. The van der Waals surface area contributed by atoms with Crippen molar-refractivity contribution in [1.82, 2.24) is 9.80 Å². The number of hydrogen-bond donors (Lipinski definition) is 0. The molecule has 3 heteroatoms. The Hall–Kier alpha value is -1.71. The van der Waals surface area contributed by atoms with Crippen LogP contribution in [0.4, 0.5) is 4.39 Å². The van der Waals surface area contributed by atoms with Crippen molar-refractivity contribution in [2.24, 2.45) is 0 Å². The van der Waals surface area contributed by atoms with Crippen molar-refractivity contribution in [1.29, 1.82) is 0 Å². The second-order valence-corrected chi connectivity index (χ2v) is 7.47.